The van der Waals surface area contributed by atoms with Gasteiger partial charge in [-0.1, -0.05) is 0 Å². The summed E-state index contributed by atoms with van der Waals surface area (Å²) in [5.41, 5.74) is 3.08. The third-order valence-corrected chi connectivity index (χ3v) is 15.6. The molecule has 0 nitrogen and oxygen atoms in total. The van der Waals surface area contributed by atoms with Crippen LogP contribution in [0.2, 0.25) is 10.5 Å². The molecule has 102 valence electrons. The van der Waals surface area contributed by atoms with Gasteiger partial charge in [0.2, 0.25) is 0 Å². The minimum Gasteiger partial charge on any atom is -0.147 e. The average Bonchev–Trinajstić information content (AvgIpc) is 2.76. The topological polar surface area (TPSA) is 0 Å². The second-order valence-corrected chi connectivity index (χ2v) is 25.5. The summed E-state index contributed by atoms with van der Waals surface area (Å²) in [5, 5.41) is 5.15. The third-order valence-electron chi connectivity index (χ3n) is 4.35. The van der Waals surface area contributed by atoms with Gasteiger partial charge in [0.25, 0.3) is 0 Å². The zero-order chi connectivity index (χ0) is 12.0. The van der Waals surface area contributed by atoms with Crippen LogP contribution in [0.4, 0.5) is 0 Å². The first-order valence-electron chi connectivity index (χ1n) is 6.11. The molecule has 0 saturated heterocycles. The van der Waals surface area contributed by atoms with Crippen molar-refractivity contribution in [2.75, 3.05) is 0 Å². The van der Waals surface area contributed by atoms with Gasteiger partial charge in [-0.2, -0.15) is 0 Å². The molecule has 4 heteroatoms. The van der Waals surface area contributed by atoms with Gasteiger partial charge in [0.1, 0.15) is 0 Å². The molecule has 0 N–H and O–H groups in total. The van der Waals surface area contributed by atoms with E-state index in [0.29, 0.717) is 0 Å². The minimum absolute atomic E-state index is 0. The fourth-order valence-electron chi connectivity index (χ4n) is 2.62. The first-order valence-corrected chi connectivity index (χ1v) is 14.8. The van der Waals surface area contributed by atoms with E-state index in [4.69, 9.17) is 0 Å². The quantitative estimate of drug-likeness (QED) is 0.644. The predicted molar refractivity (Wildman–Crippen MR) is 87.7 cm³/mol. The second-order valence-electron chi connectivity index (χ2n) is 6.32. The maximum Gasteiger partial charge on any atom is -0.147 e. The number of halogens is 2. The Kier molecular flexibility index (Phi) is 6.00. The van der Waals surface area contributed by atoms with Gasteiger partial charge in [-0.3, -0.25) is 0 Å². The fraction of sp³-hybridized carbons (Fsp3) is 0.429. The molecule has 0 radical (unpaired) electrons. The second kappa shape index (κ2) is 5.85. The van der Waals surface area contributed by atoms with Crippen LogP contribution in [0.5, 0.6) is 0 Å². The van der Waals surface area contributed by atoms with Gasteiger partial charge in [0, 0.05) is 0 Å². The summed E-state index contributed by atoms with van der Waals surface area (Å²) >= 11 is -2.49. The van der Waals surface area contributed by atoms with Crippen molar-refractivity contribution in [1.82, 2.24) is 0 Å². The van der Waals surface area contributed by atoms with E-state index < -0.39 is 14.0 Å². The van der Waals surface area contributed by atoms with Gasteiger partial charge in [-0.05, 0) is 0 Å². The molecule has 2 aliphatic carbocycles. The number of allylic oxidation sites excluding steroid dienone is 8. The van der Waals surface area contributed by atoms with Crippen LogP contribution in [-0.4, -0.2) is 7.63 Å². The molecule has 0 atom stereocenters. The molecule has 0 heterocycles. The number of hydrogen-bond donors (Lipinski definition) is 0. The summed E-state index contributed by atoms with van der Waals surface area (Å²) in [6, 6.07) is 0. The van der Waals surface area contributed by atoms with E-state index in [1.165, 1.54) is 18.4 Å². The summed E-state index contributed by atoms with van der Waals surface area (Å²) in [6.45, 7) is 4.54. The Labute approximate surface area is 126 Å². The van der Waals surface area contributed by atoms with Crippen molar-refractivity contribution in [2.45, 2.75) is 37.1 Å². The Hall–Kier alpha value is 0.471. The van der Waals surface area contributed by atoms with Gasteiger partial charge >= 0.3 is 102 Å². The Balaban J connectivity index is 0.00000144. The normalized spacial score (nSPS) is 19.2. The fourth-order valence-corrected chi connectivity index (χ4v) is 9.84. The molecular weight excluding hydrogens is 315 g/mol. The van der Waals surface area contributed by atoms with Crippen molar-refractivity contribution in [3.63, 3.8) is 0 Å². The molecule has 18 heavy (non-hydrogen) atoms. The minimum atomic E-state index is -2.49. The van der Waals surface area contributed by atoms with E-state index in [9.17, 15) is 0 Å². The van der Waals surface area contributed by atoms with E-state index in [1.807, 2.05) is 0 Å². The van der Waals surface area contributed by atoms with Crippen LogP contribution in [0.15, 0.2) is 43.2 Å². The van der Waals surface area contributed by atoms with Crippen LogP contribution in [-0.2, 0) is 14.0 Å². The summed E-state index contributed by atoms with van der Waals surface area (Å²) in [5.74, 6) is 0. The SMILES string of the molecule is CC1=C(C)C[C]([Ti]([CH3])([CH3])(=[SiH2])[C]2=CC=CC2)=C1.Cl.Cl. The molecule has 0 unspecified atom stereocenters. The summed E-state index contributed by atoms with van der Waals surface area (Å²) in [4.78, 5) is 0. The summed E-state index contributed by atoms with van der Waals surface area (Å²) in [7, 11) is 2.32. The molecule has 2 aliphatic rings. The van der Waals surface area contributed by atoms with Crippen LogP contribution in [0.1, 0.15) is 26.7 Å². The van der Waals surface area contributed by atoms with Crippen molar-refractivity contribution < 1.29 is 14.0 Å². The molecule has 0 aromatic carbocycles. The van der Waals surface area contributed by atoms with Gasteiger partial charge in [-0.15, -0.1) is 24.8 Å². The molecule has 2 rings (SSSR count). The first kappa shape index (κ1) is 18.5. The molecule has 0 fully saturated rings. The molecule has 0 spiro atoms. The van der Waals surface area contributed by atoms with E-state index in [1.54, 1.807) is 13.3 Å². The first-order chi connectivity index (χ1) is 7.30. The van der Waals surface area contributed by atoms with Crippen molar-refractivity contribution in [3.05, 3.63) is 43.2 Å². The molecular formula is C14H24Cl2SiTi. The third kappa shape index (κ3) is 3.13. The standard InChI is InChI=1S/C7H9.C5H5.2CH3.2ClH.H2Si.Ti/c1-6-4-3-5-7(6)2;1-2-4-5-3-1;;;;;;/h4H,5H2,1-2H3;1-3H,4H2;2*1H3;2*1H;1H2;. The van der Waals surface area contributed by atoms with Crippen molar-refractivity contribution in [2.24, 2.45) is 0 Å². The Bertz CT molecular complexity index is 530. The zero-order valence-electron chi connectivity index (χ0n) is 11.7. The predicted octanol–water partition coefficient (Wildman–Crippen LogP) is 4.63. The van der Waals surface area contributed by atoms with E-state index >= 15 is 0 Å². The van der Waals surface area contributed by atoms with Crippen LogP contribution in [0.3, 0.4) is 0 Å². The van der Waals surface area contributed by atoms with Gasteiger partial charge < -0.3 is 0 Å². The van der Waals surface area contributed by atoms with Crippen molar-refractivity contribution in [1.29, 1.82) is 0 Å². The average molecular weight is 339 g/mol. The molecule has 0 bridgehead atoms. The molecule has 0 saturated carbocycles. The van der Waals surface area contributed by atoms with Gasteiger partial charge in [0.15, 0.2) is 0 Å². The zero-order valence-corrected chi connectivity index (χ0v) is 16.4. The maximum atomic E-state index is 2.58. The Morgan fingerprint density at radius 2 is 1.72 bits per heavy atom. The monoisotopic (exact) mass is 338 g/mol. The summed E-state index contributed by atoms with van der Waals surface area (Å²) in [6.07, 6.45) is 11.8. The van der Waals surface area contributed by atoms with Gasteiger partial charge in [0.05, 0.1) is 0 Å². The van der Waals surface area contributed by atoms with E-state index in [0.717, 1.165) is 0 Å². The van der Waals surface area contributed by atoms with Gasteiger partial charge in [-0.25, -0.2) is 0 Å². The maximum absolute atomic E-state index is 2.58. The van der Waals surface area contributed by atoms with Crippen molar-refractivity contribution in [3.8, 4) is 0 Å². The smallest absolute Gasteiger partial charge is 0.147 e. The number of hydrogen-bond acceptors (Lipinski definition) is 0. The van der Waals surface area contributed by atoms with Crippen LogP contribution in [0, 0.1) is 0 Å². The van der Waals surface area contributed by atoms with Crippen molar-refractivity contribution >= 4 is 32.4 Å². The largest absolute Gasteiger partial charge is 0.147 e. The molecule has 0 aliphatic heterocycles. The van der Waals surface area contributed by atoms with E-state index in [2.05, 4.69) is 56.2 Å². The van der Waals surface area contributed by atoms with E-state index in [-0.39, 0.29) is 24.8 Å². The number of rotatable bonds is 2. The Morgan fingerprint density at radius 1 is 1.11 bits per heavy atom. The van der Waals surface area contributed by atoms with Crippen LogP contribution < -0.4 is 0 Å². The van der Waals surface area contributed by atoms with Crippen LogP contribution in [0.25, 0.3) is 0 Å². The molecule has 0 aromatic rings. The molecule has 0 amide bonds. The molecule has 0 aromatic heterocycles. The Morgan fingerprint density at radius 3 is 2.11 bits per heavy atom. The summed E-state index contributed by atoms with van der Waals surface area (Å²) < 4.78 is 3.50. The van der Waals surface area contributed by atoms with Crippen LogP contribution >= 0.6 is 24.8 Å².